The lowest BCUT2D eigenvalue weighted by Gasteiger charge is -2.07. The van der Waals surface area contributed by atoms with Crippen LogP contribution in [0.3, 0.4) is 0 Å². The number of ether oxygens (including phenoxy) is 3. The Morgan fingerprint density at radius 3 is 2.82 bits per heavy atom. The normalized spacial score (nSPS) is 9.88. The van der Waals surface area contributed by atoms with Gasteiger partial charge in [0.15, 0.2) is 0 Å². The summed E-state index contributed by atoms with van der Waals surface area (Å²) in [6.07, 6.45) is 0.889. The van der Waals surface area contributed by atoms with Crippen LogP contribution in [0.5, 0.6) is 5.75 Å². The zero-order valence-corrected chi connectivity index (χ0v) is 10.0. The molecule has 0 atom stereocenters. The Hall–Kier alpha value is -1.57. The molecule has 0 aliphatic heterocycles. The van der Waals surface area contributed by atoms with Crippen LogP contribution < -0.4 is 4.74 Å². The van der Waals surface area contributed by atoms with Crippen molar-refractivity contribution in [2.45, 2.75) is 6.42 Å². The number of hydrogen-bond donors (Lipinski definition) is 0. The van der Waals surface area contributed by atoms with Crippen LogP contribution in [0, 0.1) is 11.3 Å². The predicted molar refractivity (Wildman–Crippen MR) is 64.0 cm³/mol. The number of methoxy groups -OCH3 is 1. The zero-order chi connectivity index (χ0) is 12.3. The number of nitrogens with zero attached hydrogens (tertiary/aromatic N) is 1. The van der Waals surface area contributed by atoms with Crippen LogP contribution in [-0.2, 0) is 9.47 Å². The molecule has 17 heavy (non-hydrogen) atoms. The van der Waals surface area contributed by atoms with Crippen LogP contribution in [0.15, 0.2) is 24.3 Å². The second kappa shape index (κ2) is 8.57. The van der Waals surface area contributed by atoms with Gasteiger partial charge in [-0.15, -0.1) is 0 Å². The van der Waals surface area contributed by atoms with E-state index < -0.39 is 0 Å². The molecule has 1 rings (SSSR count). The minimum absolute atomic E-state index is 0.488. The van der Waals surface area contributed by atoms with E-state index in [0.717, 1.165) is 6.42 Å². The summed E-state index contributed by atoms with van der Waals surface area (Å²) in [5.41, 5.74) is 0.600. The Balaban J connectivity index is 2.12. The Labute approximate surface area is 102 Å². The second-order valence-electron chi connectivity index (χ2n) is 3.45. The van der Waals surface area contributed by atoms with Gasteiger partial charge in [-0.25, -0.2) is 0 Å². The Morgan fingerprint density at radius 2 is 2.06 bits per heavy atom. The van der Waals surface area contributed by atoms with E-state index in [0.29, 0.717) is 37.7 Å². The highest BCUT2D eigenvalue weighted by Crippen LogP contribution is 2.12. The van der Waals surface area contributed by atoms with Crippen LogP contribution >= 0.6 is 0 Å². The smallest absolute Gasteiger partial charge is 0.120 e. The van der Waals surface area contributed by atoms with Gasteiger partial charge in [0.25, 0.3) is 0 Å². The Kier molecular flexibility index (Phi) is 6.80. The van der Waals surface area contributed by atoms with Crippen molar-refractivity contribution in [2.24, 2.45) is 0 Å². The summed E-state index contributed by atoms with van der Waals surface area (Å²) in [4.78, 5) is 0. The van der Waals surface area contributed by atoms with Crippen molar-refractivity contribution in [3.63, 3.8) is 0 Å². The molecule has 0 radical (unpaired) electrons. The van der Waals surface area contributed by atoms with E-state index in [2.05, 4.69) is 6.07 Å². The van der Waals surface area contributed by atoms with E-state index in [9.17, 15) is 0 Å². The zero-order valence-electron chi connectivity index (χ0n) is 10.0. The molecule has 0 amide bonds. The number of rotatable bonds is 8. The van der Waals surface area contributed by atoms with Crippen LogP contribution in [0.2, 0.25) is 0 Å². The number of nitriles is 1. The van der Waals surface area contributed by atoms with E-state index in [1.54, 1.807) is 25.3 Å². The maximum absolute atomic E-state index is 8.71. The highest BCUT2D eigenvalue weighted by molar-refractivity contribution is 5.36. The van der Waals surface area contributed by atoms with Crippen molar-refractivity contribution >= 4 is 0 Å². The van der Waals surface area contributed by atoms with Crippen LogP contribution in [-0.4, -0.2) is 33.5 Å². The summed E-state index contributed by atoms with van der Waals surface area (Å²) < 4.78 is 15.7. The maximum Gasteiger partial charge on any atom is 0.120 e. The number of hydrogen-bond acceptors (Lipinski definition) is 4. The van der Waals surface area contributed by atoms with Gasteiger partial charge in [0.1, 0.15) is 12.4 Å². The highest BCUT2D eigenvalue weighted by atomic mass is 16.5. The molecule has 1 aromatic rings. The predicted octanol–water partition coefficient (Wildman–Crippen LogP) is 1.99. The number of benzene rings is 1. The second-order valence-corrected chi connectivity index (χ2v) is 3.45. The van der Waals surface area contributed by atoms with Crippen LogP contribution in [0.25, 0.3) is 0 Å². The molecular formula is C13H17NO3. The van der Waals surface area contributed by atoms with Crippen molar-refractivity contribution < 1.29 is 14.2 Å². The molecule has 92 valence electrons. The first-order chi connectivity index (χ1) is 8.36. The minimum Gasteiger partial charge on any atom is -0.491 e. The van der Waals surface area contributed by atoms with Crippen molar-refractivity contribution in [2.75, 3.05) is 33.5 Å². The molecule has 0 aromatic heterocycles. The molecule has 0 aliphatic carbocycles. The Bertz CT molecular complexity index is 360. The summed E-state index contributed by atoms with van der Waals surface area (Å²) in [5.74, 6) is 0.699. The van der Waals surface area contributed by atoms with Crippen molar-refractivity contribution in [1.82, 2.24) is 0 Å². The van der Waals surface area contributed by atoms with E-state index >= 15 is 0 Å². The minimum atomic E-state index is 0.488. The fourth-order valence-corrected chi connectivity index (χ4v) is 1.28. The third-order valence-electron chi connectivity index (χ3n) is 2.10. The monoisotopic (exact) mass is 235 g/mol. The van der Waals surface area contributed by atoms with Gasteiger partial charge in [-0.05, 0) is 24.6 Å². The van der Waals surface area contributed by atoms with Gasteiger partial charge in [-0.1, -0.05) is 6.07 Å². The molecule has 0 fully saturated rings. The lowest BCUT2D eigenvalue weighted by molar-refractivity contribution is 0.0806. The first kappa shape index (κ1) is 13.5. The fraction of sp³-hybridized carbons (Fsp3) is 0.462. The SMILES string of the molecule is COCCCOCCOc1cccc(C#N)c1. The highest BCUT2D eigenvalue weighted by Gasteiger charge is 1.96. The van der Waals surface area contributed by atoms with Gasteiger partial charge in [0, 0.05) is 20.3 Å². The average Bonchev–Trinajstić information content (AvgIpc) is 2.38. The van der Waals surface area contributed by atoms with E-state index in [4.69, 9.17) is 19.5 Å². The molecule has 1 aromatic carbocycles. The summed E-state index contributed by atoms with van der Waals surface area (Å²) in [5, 5.41) is 8.71. The van der Waals surface area contributed by atoms with Crippen molar-refractivity contribution in [1.29, 1.82) is 5.26 Å². The topological polar surface area (TPSA) is 51.5 Å². The summed E-state index contributed by atoms with van der Waals surface area (Å²) in [7, 11) is 1.67. The molecule has 4 nitrogen and oxygen atoms in total. The standard InChI is InChI=1S/C13H17NO3/c1-15-6-3-7-16-8-9-17-13-5-2-4-12(10-13)11-14/h2,4-5,10H,3,6-9H2,1H3. The molecule has 0 saturated carbocycles. The maximum atomic E-state index is 8.71. The molecule has 0 bridgehead atoms. The molecule has 0 aliphatic rings. The molecule has 0 spiro atoms. The summed E-state index contributed by atoms with van der Waals surface area (Å²) in [6, 6.07) is 9.15. The van der Waals surface area contributed by atoms with Crippen LogP contribution in [0.1, 0.15) is 12.0 Å². The molecule has 0 N–H and O–H groups in total. The van der Waals surface area contributed by atoms with Crippen molar-refractivity contribution in [3.05, 3.63) is 29.8 Å². The van der Waals surface area contributed by atoms with E-state index in [-0.39, 0.29) is 0 Å². The van der Waals surface area contributed by atoms with E-state index in [1.807, 2.05) is 6.07 Å². The molecule has 4 heteroatoms. The lowest BCUT2D eigenvalue weighted by Crippen LogP contribution is -2.08. The largest absolute Gasteiger partial charge is 0.491 e. The van der Waals surface area contributed by atoms with Gasteiger partial charge < -0.3 is 14.2 Å². The lowest BCUT2D eigenvalue weighted by atomic mass is 10.2. The quantitative estimate of drug-likeness (QED) is 0.646. The molecule has 0 heterocycles. The molecule has 0 saturated heterocycles. The van der Waals surface area contributed by atoms with Gasteiger partial charge in [0.05, 0.1) is 18.2 Å². The molecular weight excluding hydrogens is 218 g/mol. The third kappa shape index (κ3) is 5.91. The third-order valence-corrected chi connectivity index (χ3v) is 2.10. The average molecular weight is 235 g/mol. The summed E-state index contributed by atoms with van der Waals surface area (Å²) >= 11 is 0. The summed E-state index contributed by atoms with van der Waals surface area (Å²) in [6.45, 7) is 2.42. The van der Waals surface area contributed by atoms with Gasteiger partial charge in [-0.3, -0.25) is 0 Å². The van der Waals surface area contributed by atoms with Gasteiger partial charge in [0.2, 0.25) is 0 Å². The first-order valence-corrected chi connectivity index (χ1v) is 5.56. The first-order valence-electron chi connectivity index (χ1n) is 5.56. The fourth-order valence-electron chi connectivity index (χ4n) is 1.28. The Morgan fingerprint density at radius 1 is 1.18 bits per heavy atom. The van der Waals surface area contributed by atoms with Gasteiger partial charge in [-0.2, -0.15) is 5.26 Å². The van der Waals surface area contributed by atoms with Crippen LogP contribution in [0.4, 0.5) is 0 Å². The van der Waals surface area contributed by atoms with Gasteiger partial charge >= 0.3 is 0 Å². The molecule has 0 unspecified atom stereocenters. The van der Waals surface area contributed by atoms with Crippen molar-refractivity contribution in [3.8, 4) is 11.8 Å². The van der Waals surface area contributed by atoms with E-state index in [1.165, 1.54) is 0 Å².